The van der Waals surface area contributed by atoms with E-state index in [4.69, 9.17) is 9.15 Å². The molecule has 1 aliphatic carbocycles. The number of allylic oxidation sites excluding steroid dienone is 9. The zero-order valence-corrected chi connectivity index (χ0v) is 27.4. The highest BCUT2D eigenvalue weighted by Crippen LogP contribution is 2.45. The molecule has 0 saturated carbocycles. The van der Waals surface area contributed by atoms with Crippen molar-refractivity contribution in [3.8, 4) is 0 Å². The summed E-state index contributed by atoms with van der Waals surface area (Å²) in [5.74, 6) is 3.02. The Morgan fingerprint density at radius 3 is 1.48 bits per heavy atom. The first-order valence-corrected chi connectivity index (χ1v) is 14.7. The molecule has 0 atom stereocenters. The van der Waals surface area contributed by atoms with E-state index in [1.807, 2.05) is 38.1 Å². The van der Waals surface area contributed by atoms with Crippen LogP contribution in [-0.2, 0) is 20.4 Å². The molecular weight excluding hydrogens is 496 g/mol. The van der Waals surface area contributed by atoms with Gasteiger partial charge in [-0.15, -0.1) is 0 Å². The van der Waals surface area contributed by atoms with E-state index in [1.54, 1.807) is 0 Å². The van der Waals surface area contributed by atoms with E-state index in [9.17, 15) is 9.90 Å². The van der Waals surface area contributed by atoms with Crippen LogP contribution in [0.15, 0.2) is 68.3 Å². The molecule has 1 aliphatic heterocycles. The van der Waals surface area contributed by atoms with Gasteiger partial charge in [-0.1, -0.05) is 61.1 Å². The van der Waals surface area contributed by atoms with Crippen molar-refractivity contribution in [3.63, 3.8) is 0 Å². The largest absolute Gasteiger partial charge is 0.871 e. The standard InChI is InChI=1S/C36H50O4/c1-15-23(21-17-25(33(3,4)5)39-26(18-21)34(6,7)8)29-31(37)30(32(29)38)24(16-2)22-19-27(35(9,10)11)40-28(20-22)36(12,13)14/h17-20H,15-16H2,1-14H3. The molecule has 2 aliphatic rings. The molecular formula is C36H50O4. The Labute approximate surface area is 242 Å². The van der Waals surface area contributed by atoms with Gasteiger partial charge in [0.2, 0.25) is 0 Å². The van der Waals surface area contributed by atoms with Crippen LogP contribution < -0.4 is 5.11 Å². The minimum atomic E-state index is -0.221. The first-order valence-electron chi connectivity index (χ1n) is 14.7. The molecule has 0 unspecified atom stereocenters. The summed E-state index contributed by atoms with van der Waals surface area (Å²) in [7, 11) is 0. The monoisotopic (exact) mass is 546 g/mol. The van der Waals surface area contributed by atoms with Gasteiger partial charge in [-0.2, -0.15) is 0 Å². The molecule has 0 bridgehead atoms. The summed E-state index contributed by atoms with van der Waals surface area (Å²) in [5.41, 5.74) is 3.09. The predicted molar refractivity (Wildman–Crippen MR) is 163 cm³/mol. The summed E-state index contributed by atoms with van der Waals surface area (Å²) in [6.07, 6.45) is 5.17. The summed E-state index contributed by atoms with van der Waals surface area (Å²) >= 11 is 0. The normalized spacial score (nSPS) is 18.2. The minimum absolute atomic E-state index is 0.162. The van der Waals surface area contributed by atoms with Crippen molar-refractivity contribution in [2.45, 2.75) is 121 Å². The van der Waals surface area contributed by atoms with Gasteiger partial charge in [0.25, 0.3) is 0 Å². The van der Waals surface area contributed by atoms with Gasteiger partial charge in [0.05, 0.1) is 10.8 Å². The van der Waals surface area contributed by atoms with Crippen molar-refractivity contribution in [2.24, 2.45) is 10.8 Å². The highest BCUT2D eigenvalue weighted by Gasteiger charge is 2.38. The highest BCUT2D eigenvalue weighted by molar-refractivity contribution is 6.25. The third-order valence-corrected chi connectivity index (χ3v) is 7.46. The fraction of sp³-hybridized carbons (Fsp3) is 0.556. The summed E-state index contributed by atoms with van der Waals surface area (Å²) < 4.78 is 12.7. The van der Waals surface area contributed by atoms with Crippen LogP contribution in [0.2, 0.25) is 0 Å². The Balaban J connectivity index is 2.29. The Hall–Kier alpha value is -2.88. The van der Waals surface area contributed by atoms with Crippen molar-refractivity contribution >= 4 is 11.4 Å². The lowest BCUT2D eigenvalue weighted by Gasteiger charge is -2.36. The summed E-state index contributed by atoms with van der Waals surface area (Å²) in [5, 5.41) is 13.9. The molecule has 2 heterocycles. The van der Waals surface area contributed by atoms with Crippen LogP contribution in [0.3, 0.4) is 0 Å². The lowest BCUT2D eigenvalue weighted by atomic mass is 9.75. The average molecular weight is 547 g/mol. The van der Waals surface area contributed by atoms with Gasteiger partial charge in [-0.3, -0.25) is 4.79 Å². The zero-order valence-electron chi connectivity index (χ0n) is 27.4. The van der Waals surface area contributed by atoms with E-state index in [-0.39, 0.29) is 33.2 Å². The molecule has 0 spiro atoms. The van der Waals surface area contributed by atoms with E-state index in [0.717, 1.165) is 45.3 Å². The van der Waals surface area contributed by atoms with Gasteiger partial charge in [0.15, 0.2) is 5.78 Å². The number of rotatable bonds is 4. The number of hydrogen-bond donors (Lipinski definition) is 0. The van der Waals surface area contributed by atoms with Crippen LogP contribution in [0.25, 0.3) is 5.57 Å². The summed E-state index contributed by atoms with van der Waals surface area (Å²) in [6, 6.07) is 4.02. The quantitative estimate of drug-likeness (QED) is 0.279. The fourth-order valence-electron chi connectivity index (χ4n) is 4.82. The van der Waals surface area contributed by atoms with Gasteiger partial charge in [-0.25, -0.2) is 4.42 Å². The van der Waals surface area contributed by atoms with Crippen LogP contribution in [-0.4, -0.2) is 5.78 Å². The number of ketones is 1. The van der Waals surface area contributed by atoms with Gasteiger partial charge in [0, 0.05) is 34.1 Å². The number of carbonyl (C=O) groups excluding carboxylic acids is 1. The zero-order chi connectivity index (χ0) is 30.6. The third kappa shape index (κ3) is 6.21. The summed E-state index contributed by atoms with van der Waals surface area (Å²) in [6.45, 7) is 29.3. The SMILES string of the molecule is CCC(=C1C=C(C(C)(C)C)OC(C(C)(C)C)=C1)C1=C([O-])C(=C(CC)c2cc(C(C)(C)C)[o+]c(C(C)(C)C)c2)C1=O. The molecule has 0 saturated heterocycles. The van der Waals surface area contributed by atoms with E-state index in [0.29, 0.717) is 24.0 Å². The topological polar surface area (TPSA) is 60.7 Å². The molecule has 1 aromatic heterocycles. The Morgan fingerprint density at radius 2 is 1.15 bits per heavy atom. The predicted octanol–water partition coefficient (Wildman–Crippen LogP) is 9.11. The van der Waals surface area contributed by atoms with Gasteiger partial charge < -0.3 is 9.84 Å². The number of carbonyl (C=O) groups is 1. The van der Waals surface area contributed by atoms with E-state index in [2.05, 4.69) is 83.1 Å². The lowest BCUT2D eigenvalue weighted by Crippen LogP contribution is -2.32. The maximum atomic E-state index is 13.9. The molecule has 4 heteroatoms. The molecule has 3 rings (SSSR count). The van der Waals surface area contributed by atoms with Gasteiger partial charge >= 0.3 is 11.5 Å². The van der Waals surface area contributed by atoms with E-state index in [1.165, 1.54) is 0 Å². The van der Waals surface area contributed by atoms with Crippen molar-refractivity contribution in [2.75, 3.05) is 0 Å². The fourth-order valence-corrected chi connectivity index (χ4v) is 4.82. The van der Waals surface area contributed by atoms with Crippen molar-refractivity contribution < 1.29 is 19.1 Å². The Morgan fingerprint density at radius 1 is 0.725 bits per heavy atom. The van der Waals surface area contributed by atoms with Gasteiger partial charge in [0.1, 0.15) is 11.5 Å². The average Bonchev–Trinajstić information content (AvgIpc) is 2.82. The highest BCUT2D eigenvalue weighted by atomic mass is 16.5. The Kier molecular flexibility index (Phi) is 8.31. The minimum Gasteiger partial charge on any atom is -0.871 e. The maximum absolute atomic E-state index is 13.9. The molecule has 1 aromatic rings. The van der Waals surface area contributed by atoms with Crippen molar-refractivity contribution in [1.82, 2.24) is 0 Å². The first kappa shape index (κ1) is 31.6. The van der Waals surface area contributed by atoms with Crippen LogP contribution in [0.4, 0.5) is 0 Å². The van der Waals surface area contributed by atoms with Crippen LogP contribution >= 0.6 is 0 Å². The third-order valence-electron chi connectivity index (χ3n) is 7.46. The molecule has 0 aromatic carbocycles. The van der Waals surface area contributed by atoms with Crippen LogP contribution in [0.1, 0.15) is 127 Å². The molecule has 0 N–H and O–H groups in total. The molecule has 4 nitrogen and oxygen atoms in total. The smallest absolute Gasteiger partial charge is 0.335 e. The van der Waals surface area contributed by atoms with E-state index < -0.39 is 0 Å². The number of ether oxygens (including phenoxy) is 1. The van der Waals surface area contributed by atoms with Crippen LogP contribution in [0, 0.1) is 10.8 Å². The first-order chi connectivity index (χ1) is 18.1. The number of hydrogen-bond acceptors (Lipinski definition) is 3. The molecule has 218 valence electrons. The molecule has 0 amide bonds. The number of Topliss-reactive ketones (excluding diaryl/α,β-unsaturated/α-hetero) is 1. The second-order valence-electron chi connectivity index (χ2n) is 15.2. The summed E-state index contributed by atoms with van der Waals surface area (Å²) in [4.78, 5) is 13.9. The lowest BCUT2D eigenvalue weighted by molar-refractivity contribution is -0.300. The van der Waals surface area contributed by atoms with E-state index >= 15 is 0 Å². The second-order valence-corrected chi connectivity index (χ2v) is 15.2. The van der Waals surface area contributed by atoms with Crippen molar-refractivity contribution in [3.05, 3.63) is 80.9 Å². The molecule has 0 fully saturated rings. The van der Waals surface area contributed by atoms with Gasteiger partial charge in [-0.05, 0) is 88.8 Å². The molecule has 0 radical (unpaired) electrons. The van der Waals surface area contributed by atoms with Crippen molar-refractivity contribution in [1.29, 1.82) is 0 Å². The molecule has 40 heavy (non-hydrogen) atoms. The second kappa shape index (κ2) is 10.5. The van der Waals surface area contributed by atoms with Crippen LogP contribution in [0.5, 0.6) is 0 Å². The maximum Gasteiger partial charge on any atom is 0.335 e. The Bertz CT molecular complexity index is 1300.